The van der Waals surface area contributed by atoms with Crippen molar-refractivity contribution in [3.8, 4) is 11.6 Å². The van der Waals surface area contributed by atoms with Crippen LogP contribution in [-0.2, 0) is 11.2 Å². The van der Waals surface area contributed by atoms with E-state index in [-0.39, 0.29) is 25.3 Å². The zero-order valence-corrected chi connectivity index (χ0v) is 20.6. The summed E-state index contributed by atoms with van der Waals surface area (Å²) in [5.74, 6) is -2.43. The van der Waals surface area contributed by atoms with Gasteiger partial charge in [0.2, 0.25) is 5.91 Å². The number of pyridine rings is 1. The van der Waals surface area contributed by atoms with E-state index in [9.17, 15) is 22.8 Å². The van der Waals surface area contributed by atoms with Crippen LogP contribution in [0.5, 0.6) is 5.75 Å². The number of ether oxygens (including phenoxy) is 1. The van der Waals surface area contributed by atoms with Crippen LogP contribution in [0.25, 0.3) is 5.82 Å². The standard InChI is InChI=1S/C25H24F3N7O3/c1-13-19(8-23(29)36)14(2)34(32-13)24-9-22(20(28)10-30-24)38-18-11-33(12-18)25(37)35-21(3-4-31-35)15-5-16(26)7-17(27)6-15/h4-7,9-10,18,21H,3,8,11-12H2,1-2H3,(H2,29,36). The number of amides is 3. The Labute approximate surface area is 215 Å². The second kappa shape index (κ2) is 9.80. The molecule has 198 valence electrons. The normalized spacial score (nSPS) is 17.1. The molecule has 3 amide bonds. The van der Waals surface area contributed by atoms with Crippen LogP contribution in [0.1, 0.15) is 35.0 Å². The second-order valence-corrected chi connectivity index (χ2v) is 9.20. The van der Waals surface area contributed by atoms with Crippen LogP contribution in [0.3, 0.4) is 0 Å². The molecule has 2 N–H and O–H groups in total. The maximum Gasteiger partial charge on any atom is 0.341 e. The summed E-state index contributed by atoms with van der Waals surface area (Å²) >= 11 is 0. The number of carbonyl (C=O) groups excluding carboxylic acids is 2. The number of nitrogens with zero attached hydrogens (tertiary/aromatic N) is 6. The summed E-state index contributed by atoms with van der Waals surface area (Å²) in [4.78, 5) is 29.9. The van der Waals surface area contributed by atoms with Gasteiger partial charge < -0.3 is 15.4 Å². The smallest absolute Gasteiger partial charge is 0.341 e. The van der Waals surface area contributed by atoms with Gasteiger partial charge in [-0.25, -0.2) is 32.6 Å². The van der Waals surface area contributed by atoms with Gasteiger partial charge in [-0.15, -0.1) is 0 Å². The minimum atomic E-state index is -0.736. The summed E-state index contributed by atoms with van der Waals surface area (Å²) in [5.41, 5.74) is 7.54. The minimum absolute atomic E-state index is 0.0181. The number of primary amides is 1. The van der Waals surface area contributed by atoms with Crippen molar-refractivity contribution in [3.63, 3.8) is 0 Å². The molecule has 5 rings (SSSR count). The molecule has 0 aliphatic carbocycles. The third-order valence-electron chi connectivity index (χ3n) is 6.52. The molecule has 38 heavy (non-hydrogen) atoms. The third-order valence-corrected chi connectivity index (χ3v) is 6.52. The number of urea groups is 1. The zero-order valence-electron chi connectivity index (χ0n) is 20.6. The van der Waals surface area contributed by atoms with Gasteiger partial charge in [0.15, 0.2) is 17.4 Å². The zero-order chi connectivity index (χ0) is 27.1. The molecule has 1 atom stereocenters. The van der Waals surface area contributed by atoms with E-state index in [2.05, 4.69) is 15.2 Å². The fourth-order valence-electron chi connectivity index (χ4n) is 4.58. The average molecular weight is 528 g/mol. The highest BCUT2D eigenvalue weighted by molar-refractivity contribution is 5.79. The Hall–Kier alpha value is -4.42. The minimum Gasteiger partial charge on any atom is -0.483 e. The molecule has 0 bridgehead atoms. The molecule has 2 aliphatic rings. The van der Waals surface area contributed by atoms with E-state index in [1.165, 1.54) is 39.0 Å². The van der Waals surface area contributed by atoms with Crippen molar-refractivity contribution in [3.05, 3.63) is 70.4 Å². The highest BCUT2D eigenvalue weighted by atomic mass is 19.1. The average Bonchev–Trinajstić information content (AvgIpc) is 3.42. The van der Waals surface area contributed by atoms with Gasteiger partial charge in [0.1, 0.15) is 17.7 Å². The van der Waals surface area contributed by atoms with Gasteiger partial charge in [-0.2, -0.15) is 10.2 Å². The molecular weight excluding hydrogens is 503 g/mol. The fraction of sp³-hybridized carbons (Fsp3) is 0.320. The molecule has 13 heteroatoms. The quantitative estimate of drug-likeness (QED) is 0.529. The van der Waals surface area contributed by atoms with Crippen LogP contribution >= 0.6 is 0 Å². The van der Waals surface area contributed by atoms with Gasteiger partial charge in [0.05, 0.1) is 37.4 Å². The molecular formula is C25H24F3N7O3. The van der Waals surface area contributed by atoms with Crippen LogP contribution in [0.2, 0.25) is 0 Å². The predicted octanol–water partition coefficient (Wildman–Crippen LogP) is 2.95. The number of carbonyl (C=O) groups is 2. The molecule has 1 aromatic carbocycles. The number of benzene rings is 1. The summed E-state index contributed by atoms with van der Waals surface area (Å²) in [7, 11) is 0. The molecule has 2 aromatic heterocycles. The number of aromatic nitrogens is 3. The molecule has 0 radical (unpaired) electrons. The van der Waals surface area contributed by atoms with Crippen molar-refractivity contribution in [2.45, 2.75) is 38.8 Å². The summed E-state index contributed by atoms with van der Waals surface area (Å²) in [6.45, 7) is 3.82. The van der Waals surface area contributed by atoms with Crippen molar-refractivity contribution < 1.29 is 27.5 Å². The Morgan fingerprint density at radius 3 is 2.50 bits per heavy atom. The molecule has 3 aromatic rings. The van der Waals surface area contributed by atoms with Crippen molar-refractivity contribution in [2.24, 2.45) is 10.8 Å². The first-order valence-electron chi connectivity index (χ1n) is 11.8. The second-order valence-electron chi connectivity index (χ2n) is 9.20. The number of aryl methyl sites for hydroxylation is 1. The molecule has 2 aliphatic heterocycles. The SMILES string of the molecule is Cc1nn(-c2cc(OC3CN(C(=O)N4N=CCC4c4cc(F)cc(F)c4)C3)c(F)cn2)c(C)c1CC(N)=O. The lowest BCUT2D eigenvalue weighted by molar-refractivity contribution is -0.117. The van der Waals surface area contributed by atoms with E-state index in [4.69, 9.17) is 10.5 Å². The Balaban J connectivity index is 1.25. The Morgan fingerprint density at radius 2 is 1.82 bits per heavy atom. The van der Waals surface area contributed by atoms with Gasteiger partial charge in [0, 0.05) is 36.0 Å². The molecule has 1 fully saturated rings. The van der Waals surface area contributed by atoms with E-state index in [1.807, 2.05) is 0 Å². The summed E-state index contributed by atoms with van der Waals surface area (Å²) in [6.07, 6.45) is 2.37. The fourth-order valence-corrected chi connectivity index (χ4v) is 4.58. The van der Waals surface area contributed by atoms with E-state index < -0.39 is 41.5 Å². The number of halogens is 3. The third kappa shape index (κ3) is 4.78. The van der Waals surface area contributed by atoms with Crippen molar-refractivity contribution >= 4 is 18.2 Å². The van der Waals surface area contributed by atoms with E-state index >= 15 is 0 Å². The molecule has 10 nitrogen and oxygen atoms in total. The largest absolute Gasteiger partial charge is 0.483 e. The van der Waals surface area contributed by atoms with Crippen LogP contribution in [0, 0.1) is 31.3 Å². The van der Waals surface area contributed by atoms with Gasteiger partial charge in [-0.05, 0) is 31.5 Å². The first kappa shape index (κ1) is 25.2. The topological polar surface area (TPSA) is 119 Å². The van der Waals surface area contributed by atoms with E-state index in [0.29, 0.717) is 34.8 Å². The number of nitrogens with two attached hydrogens (primary N) is 1. The number of hydrogen-bond acceptors (Lipinski definition) is 6. The number of hydrogen-bond donors (Lipinski definition) is 1. The first-order valence-corrected chi connectivity index (χ1v) is 11.8. The highest BCUT2D eigenvalue weighted by Crippen LogP contribution is 2.32. The number of likely N-dealkylation sites (tertiary alicyclic amines) is 1. The van der Waals surface area contributed by atoms with Crippen LogP contribution in [0.4, 0.5) is 18.0 Å². The van der Waals surface area contributed by atoms with Crippen molar-refractivity contribution in [1.29, 1.82) is 0 Å². The number of hydrazone groups is 1. The summed E-state index contributed by atoms with van der Waals surface area (Å²) in [6, 6.07) is 3.43. The van der Waals surface area contributed by atoms with Gasteiger partial charge in [-0.1, -0.05) is 0 Å². The van der Waals surface area contributed by atoms with E-state index in [0.717, 1.165) is 12.3 Å². The predicted molar refractivity (Wildman–Crippen MR) is 129 cm³/mol. The maximum absolute atomic E-state index is 14.5. The molecule has 1 unspecified atom stereocenters. The summed E-state index contributed by atoms with van der Waals surface area (Å²) in [5, 5.41) is 9.66. The highest BCUT2D eigenvalue weighted by Gasteiger charge is 2.39. The lowest BCUT2D eigenvalue weighted by Crippen LogP contribution is -2.58. The van der Waals surface area contributed by atoms with E-state index in [1.54, 1.807) is 13.8 Å². The van der Waals surface area contributed by atoms with Crippen molar-refractivity contribution in [2.75, 3.05) is 13.1 Å². The Kier molecular flexibility index (Phi) is 6.51. The maximum atomic E-state index is 14.5. The lowest BCUT2D eigenvalue weighted by Gasteiger charge is -2.41. The van der Waals surface area contributed by atoms with Crippen LogP contribution in [-0.4, -0.2) is 62.0 Å². The van der Waals surface area contributed by atoms with Crippen LogP contribution in [0.15, 0.2) is 35.6 Å². The first-order chi connectivity index (χ1) is 18.1. The van der Waals surface area contributed by atoms with Crippen LogP contribution < -0.4 is 10.5 Å². The molecule has 1 saturated heterocycles. The van der Waals surface area contributed by atoms with Crippen molar-refractivity contribution in [1.82, 2.24) is 24.7 Å². The van der Waals surface area contributed by atoms with Gasteiger partial charge >= 0.3 is 6.03 Å². The lowest BCUT2D eigenvalue weighted by atomic mass is 10.0. The Bertz CT molecular complexity index is 1430. The molecule has 0 saturated carbocycles. The summed E-state index contributed by atoms with van der Waals surface area (Å²) < 4.78 is 49.2. The molecule has 4 heterocycles. The molecule has 0 spiro atoms. The Morgan fingerprint density at radius 1 is 1.11 bits per heavy atom. The number of rotatable bonds is 6. The van der Waals surface area contributed by atoms with Gasteiger partial charge in [-0.3, -0.25) is 4.79 Å². The van der Waals surface area contributed by atoms with Gasteiger partial charge in [0.25, 0.3) is 0 Å². The monoisotopic (exact) mass is 527 g/mol.